The highest BCUT2D eigenvalue weighted by Gasteiger charge is 2.22. The fourth-order valence-corrected chi connectivity index (χ4v) is 2.20. The van der Waals surface area contributed by atoms with Crippen LogP contribution >= 0.6 is 0 Å². The number of hydrogen-bond acceptors (Lipinski definition) is 6. The summed E-state index contributed by atoms with van der Waals surface area (Å²) in [4.78, 5) is 20.6. The summed E-state index contributed by atoms with van der Waals surface area (Å²) >= 11 is 0. The minimum absolute atomic E-state index is 0.0243. The Balaban J connectivity index is 2.12. The molecule has 1 saturated heterocycles. The second-order valence-corrected chi connectivity index (χ2v) is 5.04. The molecular weight excluding hydrogens is 270 g/mol. The molecule has 0 radical (unpaired) electrons. The molecule has 1 atom stereocenters. The zero-order valence-electron chi connectivity index (χ0n) is 12.6. The van der Waals surface area contributed by atoms with Crippen LogP contribution in [0.15, 0.2) is 6.07 Å². The molecule has 0 aliphatic carbocycles. The smallest absolute Gasteiger partial charge is 0.242 e. The standard InChI is InChI=1S/C14H23N5O2/c1-3-6-15-11-8-12(19-13(18-11)9-21-2)17-10-5-4-7-16-14(10)20/h8,10H,3-7,9H2,1-2H3,(H,16,20)(H2,15,17,18,19). The summed E-state index contributed by atoms with van der Waals surface area (Å²) in [6, 6.07) is 1.60. The zero-order chi connectivity index (χ0) is 15.1. The first-order valence-corrected chi connectivity index (χ1v) is 7.38. The highest BCUT2D eigenvalue weighted by Crippen LogP contribution is 2.15. The first kappa shape index (κ1) is 15.5. The van der Waals surface area contributed by atoms with E-state index >= 15 is 0 Å². The van der Waals surface area contributed by atoms with E-state index in [9.17, 15) is 4.79 Å². The van der Waals surface area contributed by atoms with Gasteiger partial charge in [0.1, 0.15) is 24.3 Å². The number of aromatic nitrogens is 2. The van der Waals surface area contributed by atoms with Crippen molar-refractivity contribution in [3.8, 4) is 0 Å². The van der Waals surface area contributed by atoms with E-state index in [0.29, 0.717) is 18.2 Å². The summed E-state index contributed by atoms with van der Waals surface area (Å²) in [5.41, 5.74) is 0. The number of amides is 1. The van der Waals surface area contributed by atoms with Gasteiger partial charge in [-0.3, -0.25) is 4.79 Å². The third kappa shape index (κ3) is 4.56. The Kier molecular flexibility index (Phi) is 5.74. The van der Waals surface area contributed by atoms with E-state index in [4.69, 9.17) is 4.74 Å². The van der Waals surface area contributed by atoms with Crippen LogP contribution in [0, 0.1) is 0 Å². The molecule has 1 aromatic heterocycles. The van der Waals surface area contributed by atoms with Gasteiger partial charge in [-0.15, -0.1) is 0 Å². The summed E-state index contributed by atoms with van der Waals surface area (Å²) in [6.07, 6.45) is 2.80. The first-order chi connectivity index (χ1) is 10.2. The van der Waals surface area contributed by atoms with Crippen LogP contribution in [0.5, 0.6) is 0 Å². The number of anilines is 2. The Hall–Kier alpha value is -1.89. The number of nitrogens with zero attached hydrogens (tertiary/aromatic N) is 2. The van der Waals surface area contributed by atoms with Crippen LogP contribution < -0.4 is 16.0 Å². The molecule has 2 rings (SSSR count). The third-order valence-electron chi connectivity index (χ3n) is 3.21. The number of carbonyl (C=O) groups excluding carboxylic acids is 1. The SMILES string of the molecule is CCCNc1cc(NC2CCCNC2=O)nc(COC)n1. The normalized spacial score (nSPS) is 18.2. The third-order valence-corrected chi connectivity index (χ3v) is 3.21. The van der Waals surface area contributed by atoms with Crippen LogP contribution in [0.4, 0.5) is 11.6 Å². The van der Waals surface area contributed by atoms with Gasteiger partial charge in [0.05, 0.1) is 0 Å². The number of hydrogen-bond donors (Lipinski definition) is 3. The Labute approximate surface area is 124 Å². The van der Waals surface area contributed by atoms with Gasteiger partial charge in [0.25, 0.3) is 0 Å². The summed E-state index contributed by atoms with van der Waals surface area (Å²) in [5.74, 6) is 2.02. The number of ether oxygens (including phenoxy) is 1. The molecule has 7 heteroatoms. The number of carbonyl (C=O) groups is 1. The Morgan fingerprint density at radius 1 is 1.43 bits per heavy atom. The van der Waals surface area contributed by atoms with Crippen LogP contribution in [-0.2, 0) is 16.1 Å². The molecule has 1 fully saturated rings. The van der Waals surface area contributed by atoms with Crippen LogP contribution in [0.25, 0.3) is 0 Å². The van der Waals surface area contributed by atoms with Crippen molar-refractivity contribution in [1.29, 1.82) is 0 Å². The predicted molar refractivity (Wildman–Crippen MR) is 81.2 cm³/mol. The first-order valence-electron chi connectivity index (χ1n) is 7.38. The molecule has 1 aliphatic rings. The molecule has 21 heavy (non-hydrogen) atoms. The van der Waals surface area contributed by atoms with Crippen LogP contribution in [-0.4, -0.2) is 42.1 Å². The van der Waals surface area contributed by atoms with Crippen molar-refractivity contribution in [1.82, 2.24) is 15.3 Å². The molecule has 116 valence electrons. The number of rotatable bonds is 7. The topological polar surface area (TPSA) is 88.2 Å². The van der Waals surface area contributed by atoms with Crippen molar-refractivity contribution in [3.63, 3.8) is 0 Å². The van der Waals surface area contributed by atoms with Crippen molar-refractivity contribution in [2.45, 2.75) is 38.8 Å². The van der Waals surface area contributed by atoms with E-state index in [1.807, 2.05) is 6.07 Å². The Morgan fingerprint density at radius 3 is 2.95 bits per heavy atom. The van der Waals surface area contributed by atoms with E-state index in [1.54, 1.807) is 7.11 Å². The highest BCUT2D eigenvalue weighted by atomic mass is 16.5. The lowest BCUT2D eigenvalue weighted by Gasteiger charge is -2.23. The molecule has 2 heterocycles. The van der Waals surface area contributed by atoms with Crippen LogP contribution in [0.1, 0.15) is 32.0 Å². The van der Waals surface area contributed by atoms with Crippen molar-refractivity contribution in [2.75, 3.05) is 30.8 Å². The fraction of sp³-hybridized carbons (Fsp3) is 0.643. The monoisotopic (exact) mass is 293 g/mol. The summed E-state index contributed by atoms with van der Waals surface area (Å²) in [5, 5.41) is 9.28. The molecule has 0 saturated carbocycles. The Bertz CT molecular complexity index is 480. The van der Waals surface area contributed by atoms with Crippen molar-refractivity contribution in [3.05, 3.63) is 11.9 Å². The van der Waals surface area contributed by atoms with Crippen LogP contribution in [0.3, 0.4) is 0 Å². The molecule has 0 spiro atoms. The van der Waals surface area contributed by atoms with Gasteiger partial charge < -0.3 is 20.7 Å². The van der Waals surface area contributed by atoms with Gasteiger partial charge in [0, 0.05) is 26.3 Å². The predicted octanol–water partition coefficient (Wildman–Crippen LogP) is 1.14. The van der Waals surface area contributed by atoms with Gasteiger partial charge in [-0.25, -0.2) is 9.97 Å². The van der Waals surface area contributed by atoms with E-state index in [0.717, 1.165) is 38.2 Å². The fourth-order valence-electron chi connectivity index (χ4n) is 2.20. The van der Waals surface area contributed by atoms with Gasteiger partial charge in [-0.05, 0) is 19.3 Å². The number of piperidine rings is 1. The summed E-state index contributed by atoms with van der Waals surface area (Å²) in [6.45, 7) is 4.02. The second-order valence-electron chi connectivity index (χ2n) is 5.04. The lowest BCUT2D eigenvalue weighted by atomic mass is 10.1. The lowest BCUT2D eigenvalue weighted by molar-refractivity contribution is -0.123. The van der Waals surface area contributed by atoms with Gasteiger partial charge in [0.15, 0.2) is 5.82 Å². The molecule has 1 unspecified atom stereocenters. The van der Waals surface area contributed by atoms with Gasteiger partial charge in [0.2, 0.25) is 5.91 Å². The molecule has 7 nitrogen and oxygen atoms in total. The maximum absolute atomic E-state index is 11.8. The van der Waals surface area contributed by atoms with Gasteiger partial charge >= 0.3 is 0 Å². The maximum Gasteiger partial charge on any atom is 0.242 e. The molecule has 0 aromatic carbocycles. The van der Waals surface area contributed by atoms with Gasteiger partial charge in [-0.1, -0.05) is 6.92 Å². The number of methoxy groups -OCH3 is 1. The highest BCUT2D eigenvalue weighted by molar-refractivity contribution is 5.85. The van der Waals surface area contributed by atoms with E-state index in [1.165, 1.54) is 0 Å². The molecule has 1 amide bonds. The molecule has 1 aliphatic heterocycles. The lowest BCUT2D eigenvalue weighted by Crippen LogP contribution is -2.44. The van der Waals surface area contributed by atoms with Gasteiger partial charge in [-0.2, -0.15) is 0 Å². The number of nitrogens with one attached hydrogen (secondary N) is 3. The van der Waals surface area contributed by atoms with E-state index in [2.05, 4.69) is 32.8 Å². The molecule has 1 aromatic rings. The Morgan fingerprint density at radius 2 is 2.24 bits per heavy atom. The quantitative estimate of drug-likeness (QED) is 0.698. The zero-order valence-corrected chi connectivity index (χ0v) is 12.6. The minimum Gasteiger partial charge on any atom is -0.377 e. The average Bonchev–Trinajstić information content (AvgIpc) is 2.48. The largest absolute Gasteiger partial charge is 0.377 e. The average molecular weight is 293 g/mol. The summed E-state index contributed by atoms with van der Waals surface area (Å²) in [7, 11) is 1.61. The maximum atomic E-state index is 11.8. The molecule has 0 bridgehead atoms. The minimum atomic E-state index is -0.233. The van der Waals surface area contributed by atoms with E-state index in [-0.39, 0.29) is 11.9 Å². The molecule has 3 N–H and O–H groups in total. The summed E-state index contributed by atoms with van der Waals surface area (Å²) < 4.78 is 5.09. The van der Waals surface area contributed by atoms with Crippen LogP contribution in [0.2, 0.25) is 0 Å². The molecular formula is C14H23N5O2. The second kappa shape index (κ2) is 7.78. The van der Waals surface area contributed by atoms with Crippen molar-refractivity contribution < 1.29 is 9.53 Å². The van der Waals surface area contributed by atoms with E-state index < -0.39 is 0 Å². The van der Waals surface area contributed by atoms with Crippen molar-refractivity contribution in [2.24, 2.45) is 0 Å². The van der Waals surface area contributed by atoms with Crippen molar-refractivity contribution >= 4 is 17.5 Å².